The molecule has 0 saturated carbocycles. The van der Waals surface area contributed by atoms with Crippen LogP contribution in [0.25, 0.3) is 0 Å². The van der Waals surface area contributed by atoms with Gasteiger partial charge in [-0.25, -0.2) is 4.79 Å². The Morgan fingerprint density at radius 3 is 2.16 bits per heavy atom. The van der Waals surface area contributed by atoms with E-state index >= 15 is 0 Å². The number of unbranched alkanes of at least 4 members (excludes halogenated alkanes) is 3. The molecule has 0 heterocycles. The van der Waals surface area contributed by atoms with Gasteiger partial charge in [-0.05, 0) is 84.8 Å². The summed E-state index contributed by atoms with van der Waals surface area (Å²) in [6, 6.07) is 31.3. The maximum Gasteiger partial charge on any atom is 0.343 e. The number of hydrogen-bond acceptors (Lipinski definition) is 6. The maximum absolute atomic E-state index is 12.6. The highest BCUT2D eigenvalue weighted by molar-refractivity contribution is 5.91. The van der Waals surface area contributed by atoms with Crippen LogP contribution in [0.2, 0.25) is 0 Å². The quantitative estimate of drug-likeness (QED) is 0.0634. The maximum atomic E-state index is 12.6. The molecular weight excluding hydrogens is 474 g/mol. The number of esters is 1. The third kappa shape index (κ3) is 8.52. The highest BCUT2D eigenvalue weighted by atomic mass is 16.5. The Morgan fingerprint density at radius 1 is 0.711 bits per heavy atom. The first-order valence-corrected chi connectivity index (χ1v) is 12.9. The molecule has 0 atom stereocenters. The Bertz CT molecular complexity index is 1350. The first-order chi connectivity index (χ1) is 18.7. The number of azo groups is 1. The van der Waals surface area contributed by atoms with Gasteiger partial charge in [0.15, 0.2) is 0 Å². The predicted molar refractivity (Wildman–Crippen MR) is 152 cm³/mol. The second-order valence-corrected chi connectivity index (χ2v) is 8.71. The van der Waals surface area contributed by atoms with Gasteiger partial charge >= 0.3 is 5.97 Å². The van der Waals surface area contributed by atoms with E-state index in [1.165, 1.54) is 19.3 Å². The second kappa shape index (κ2) is 14.2. The smallest absolute Gasteiger partial charge is 0.343 e. The van der Waals surface area contributed by atoms with E-state index in [1.807, 2.05) is 66.7 Å². The van der Waals surface area contributed by atoms with Crippen molar-refractivity contribution in [2.45, 2.75) is 32.6 Å². The molecule has 192 valence electrons. The number of rotatable bonds is 12. The van der Waals surface area contributed by atoms with E-state index in [0.29, 0.717) is 17.9 Å². The summed E-state index contributed by atoms with van der Waals surface area (Å²) in [4.78, 5) is 17.1. The van der Waals surface area contributed by atoms with Gasteiger partial charge in [0.25, 0.3) is 0 Å². The molecule has 4 aromatic carbocycles. The molecule has 0 fully saturated rings. The first kappa shape index (κ1) is 26.5. The molecule has 0 aromatic heterocycles. The van der Waals surface area contributed by atoms with Gasteiger partial charge in [0, 0.05) is 6.21 Å². The molecule has 38 heavy (non-hydrogen) atoms. The van der Waals surface area contributed by atoms with Gasteiger partial charge < -0.3 is 9.47 Å². The predicted octanol–water partition coefficient (Wildman–Crippen LogP) is 9.03. The number of nitrogens with zero attached hydrogens (tertiary/aromatic N) is 3. The third-order valence-corrected chi connectivity index (χ3v) is 5.67. The normalized spacial score (nSPS) is 11.2. The third-order valence-electron chi connectivity index (χ3n) is 5.67. The van der Waals surface area contributed by atoms with E-state index in [-0.39, 0.29) is 0 Å². The van der Waals surface area contributed by atoms with Crippen molar-refractivity contribution in [3.63, 3.8) is 0 Å². The van der Waals surface area contributed by atoms with Crippen LogP contribution in [0.1, 0.15) is 48.5 Å². The van der Waals surface area contributed by atoms with E-state index in [9.17, 15) is 4.79 Å². The van der Waals surface area contributed by atoms with Gasteiger partial charge in [-0.3, -0.25) is 4.99 Å². The number of carbonyl (C=O) groups excluding carboxylic acids is 1. The Morgan fingerprint density at radius 2 is 1.42 bits per heavy atom. The molecule has 6 nitrogen and oxygen atoms in total. The van der Waals surface area contributed by atoms with Crippen molar-refractivity contribution in [3.8, 4) is 11.5 Å². The fourth-order valence-corrected chi connectivity index (χ4v) is 3.59. The number of hydrogen-bond donors (Lipinski definition) is 0. The molecular formula is C32H31N3O3. The lowest BCUT2D eigenvalue weighted by molar-refractivity contribution is 0.0734. The van der Waals surface area contributed by atoms with Gasteiger partial charge in [-0.1, -0.05) is 56.5 Å². The molecule has 0 aliphatic heterocycles. The Kier molecular flexibility index (Phi) is 9.92. The van der Waals surface area contributed by atoms with Crippen LogP contribution >= 0.6 is 0 Å². The zero-order chi connectivity index (χ0) is 26.4. The highest BCUT2D eigenvalue weighted by Gasteiger charge is 2.09. The zero-order valence-electron chi connectivity index (χ0n) is 21.5. The van der Waals surface area contributed by atoms with Crippen molar-refractivity contribution in [1.29, 1.82) is 0 Å². The highest BCUT2D eigenvalue weighted by Crippen LogP contribution is 2.22. The molecule has 4 aromatic rings. The van der Waals surface area contributed by atoms with Crippen molar-refractivity contribution in [1.82, 2.24) is 0 Å². The van der Waals surface area contributed by atoms with Crippen LogP contribution in [0.4, 0.5) is 17.1 Å². The Balaban J connectivity index is 1.30. The summed E-state index contributed by atoms with van der Waals surface area (Å²) in [5.74, 6) is 0.782. The fraction of sp³-hybridized carbons (Fsp3) is 0.188. The van der Waals surface area contributed by atoms with Crippen molar-refractivity contribution >= 4 is 29.2 Å². The summed E-state index contributed by atoms with van der Waals surface area (Å²) >= 11 is 0. The van der Waals surface area contributed by atoms with Crippen LogP contribution in [0.5, 0.6) is 11.5 Å². The van der Waals surface area contributed by atoms with Crippen LogP contribution < -0.4 is 9.47 Å². The molecule has 0 bridgehead atoms. The lowest BCUT2D eigenvalue weighted by atomic mass is 10.2. The molecule has 0 amide bonds. The summed E-state index contributed by atoms with van der Waals surface area (Å²) in [7, 11) is 0. The van der Waals surface area contributed by atoms with Crippen molar-refractivity contribution < 1.29 is 14.3 Å². The standard InChI is InChI=1S/C32H31N3O3/c1-2-3-4-8-22-37-30-20-14-26(15-21-30)32(36)38-31-13-9-10-25(23-31)24-33-27-16-18-29(19-17-27)35-34-28-11-6-5-7-12-28/h5-7,9-21,23-24H,2-4,8,22H2,1H3. The van der Waals surface area contributed by atoms with E-state index in [1.54, 1.807) is 42.6 Å². The van der Waals surface area contributed by atoms with E-state index in [4.69, 9.17) is 9.47 Å². The van der Waals surface area contributed by atoms with Gasteiger partial charge in [0.05, 0.1) is 29.2 Å². The second-order valence-electron chi connectivity index (χ2n) is 8.71. The molecule has 0 radical (unpaired) electrons. The first-order valence-electron chi connectivity index (χ1n) is 12.9. The topological polar surface area (TPSA) is 72.6 Å². The zero-order valence-corrected chi connectivity index (χ0v) is 21.5. The van der Waals surface area contributed by atoms with E-state index in [0.717, 1.165) is 34.8 Å². The van der Waals surface area contributed by atoms with Crippen LogP contribution in [0, 0.1) is 0 Å². The van der Waals surface area contributed by atoms with E-state index in [2.05, 4.69) is 22.1 Å². The number of aliphatic imine (C=N–C) groups is 1. The Hall–Kier alpha value is -4.58. The summed E-state index contributed by atoms with van der Waals surface area (Å²) in [6.07, 6.45) is 6.34. The summed E-state index contributed by atoms with van der Waals surface area (Å²) < 4.78 is 11.3. The summed E-state index contributed by atoms with van der Waals surface area (Å²) in [6.45, 7) is 2.87. The van der Waals surface area contributed by atoms with Gasteiger partial charge in [0.2, 0.25) is 0 Å². The number of benzene rings is 4. The van der Waals surface area contributed by atoms with E-state index < -0.39 is 5.97 Å². The fourth-order valence-electron chi connectivity index (χ4n) is 3.59. The molecule has 0 spiro atoms. The molecule has 0 saturated heterocycles. The number of ether oxygens (including phenoxy) is 2. The monoisotopic (exact) mass is 505 g/mol. The largest absolute Gasteiger partial charge is 0.494 e. The minimum atomic E-state index is -0.422. The minimum Gasteiger partial charge on any atom is -0.494 e. The summed E-state index contributed by atoms with van der Waals surface area (Å²) in [5.41, 5.74) is 3.60. The lowest BCUT2D eigenvalue weighted by Gasteiger charge is -2.08. The van der Waals surface area contributed by atoms with Gasteiger partial charge in [-0.2, -0.15) is 10.2 Å². The average molecular weight is 506 g/mol. The van der Waals surface area contributed by atoms with Gasteiger partial charge in [-0.15, -0.1) is 0 Å². The molecule has 0 aliphatic rings. The van der Waals surface area contributed by atoms with Crippen LogP contribution in [0.3, 0.4) is 0 Å². The summed E-state index contributed by atoms with van der Waals surface area (Å²) in [5, 5.41) is 8.46. The number of carbonyl (C=O) groups is 1. The lowest BCUT2D eigenvalue weighted by Crippen LogP contribution is -2.08. The van der Waals surface area contributed by atoms with Crippen molar-refractivity contribution in [2.24, 2.45) is 15.2 Å². The minimum absolute atomic E-state index is 0.422. The molecule has 0 aliphatic carbocycles. The van der Waals surface area contributed by atoms with Crippen LogP contribution in [-0.2, 0) is 0 Å². The molecule has 6 heteroatoms. The van der Waals surface area contributed by atoms with Crippen molar-refractivity contribution in [2.75, 3.05) is 6.61 Å². The molecule has 0 N–H and O–H groups in total. The SMILES string of the molecule is CCCCCCOc1ccc(C(=O)Oc2cccc(C=Nc3ccc(N=Nc4ccccc4)cc3)c2)cc1. The molecule has 0 unspecified atom stereocenters. The van der Waals surface area contributed by atoms with Crippen LogP contribution in [-0.4, -0.2) is 18.8 Å². The van der Waals surface area contributed by atoms with Crippen LogP contribution in [0.15, 0.2) is 118 Å². The van der Waals surface area contributed by atoms with Crippen molar-refractivity contribution in [3.05, 3.63) is 114 Å². The average Bonchev–Trinajstić information content (AvgIpc) is 2.96. The Labute approximate surface area is 223 Å². The van der Waals surface area contributed by atoms with Gasteiger partial charge in [0.1, 0.15) is 11.5 Å². The molecule has 4 rings (SSSR count).